The summed E-state index contributed by atoms with van der Waals surface area (Å²) in [6.45, 7) is 6.12. The standard InChI is InChI=1S/C12H24N2O2S/c1-3-4-5-10-14(2)17(15,16)11-12-6-8-13-9-7-12/h3,12-13H,1,4-11H2,2H3. The van der Waals surface area contributed by atoms with E-state index in [2.05, 4.69) is 11.9 Å². The first-order chi connectivity index (χ1) is 8.06. The molecule has 100 valence electrons. The molecule has 0 aromatic carbocycles. The Kier molecular flexibility index (Phi) is 6.16. The van der Waals surface area contributed by atoms with Crippen molar-refractivity contribution < 1.29 is 8.42 Å². The zero-order valence-corrected chi connectivity index (χ0v) is 11.5. The molecule has 0 bridgehead atoms. The fraction of sp³-hybridized carbons (Fsp3) is 0.833. The first kappa shape index (κ1) is 14.7. The molecular formula is C12H24N2O2S. The van der Waals surface area contributed by atoms with Gasteiger partial charge in [0, 0.05) is 13.6 Å². The maximum absolute atomic E-state index is 12.1. The molecule has 1 saturated heterocycles. The Balaban J connectivity index is 2.40. The van der Waals surface area contributed by atoms with Gasteiger partial charge in [-0.05, 0) is 44.7 Å². The van der Waals surface area contributed by atoms with Crippen molar-refractivity contribution in [3.8, 4) is 0 Å². The molecule has 0 saturated carbocycles. The van der Waals surface area contributed by atoms with Gasteiger partial charge in [-0.3, -0.25) is 0 Å². The van der Waals surface area contributed by atoms with Crippen LogP contribution in [-0.4, -0.2) is 45.2 Å². The largest absolute Gasteiger partial charge is 0.317 e. The van der Waals surface area contributed by atoms with Crippen LogP contribution >= 0.6 is 0 Å². The fourth-order valence-corrected chi connectivity index (χ4v) is 3.66. The monoisotopic (exact) mass is 260 g/mol. The number of sulfonamides is 1. The summed E-state index contributed by atoms with van der Waals surface area (Å²) >= 11 is 0. The average Bonchev–Trinajstić information content (AvgIpc) is 2.30. The predicted molar refractivity (Wildman–Crippen MR) is 71.4 cm³/mol. The van der Waals surface area contributed by atoms with Gasteiger partial charge in [0.15, 0.2) is 0 Å². The molecule has 5 heteroatoms. The molecule has 0 atom stereocenters. The summed E-state index contributed by atoms with van der Waals surface area (Å²) in [5, 5.41) is 3.25. The van der Waals surface area contributed by atoms with Gasteiger partial charge >= 0.3 is 0 Å². The number of unbranched alkanes of at least 4 members (excludes halogenated alkanes) is 1. The number of rotatable bonds is 7. The van der Waals surface area contributed by atoms with E-state index in [1.165, 1.54) is 4.31 Å². The molecule has 1 aliphatic heterocycles. The van der Waals surface area contributed by atoms with Gasteiger partial charge in [0.2, 0.25) is 10.0 Å². The smallest absolute Gasteiger partial charge is 0.214 e. The number of hydrogen-bond acceptors (Lipinski definition) is 3. The van der Waals surface area contributed by atoms with Crippen molar-refractivity contribution in [2.75, 3.05) is 32.4 Å². The van der Waals surface area contributed by atoms with Crippen molar-refractivity contribution in [3.05, 3.63) is 12.7 Å². The van der Waals surface area contributed by atoms with Gasteiger partial charge in [0.1, 0.15) is 0 Å². The highest BCUT2D eigenvalue weighted by molar-refractivity contribution is 7.89. The van der Waals surface area contributed by atoms with Crippen molar-refractivity contribution in [3.63, 3.8) is 0 Å². The van der Waals surface area contributed by atoms with Crippen LogP contribution in [0.3, 0.4) is 0 Å². The van der Waals surface area contributed by atoms with Gasteiger partial charge in [-0.1, -0.05) is 6.08 Å². The predicted octanol–water partition coefficient (Wildman–Crippen LogP) is 1.21. The lowest BCUT2D eigenvalue weighted by Gasteiger charge is -2.25. The molecule has 1 aliphatic rings. The first-order valence-corrected chi connectivity index (χ1v) is 7.93. The Morgan fingerprint density at radius 1 is 1.41 bits per heavy atom. The van der Waals surface area contributed by atoms with E-state index in [9.17, 15) is 8.42 Å². The summed E-state index contributed by atoms with van der Waals surface area (Å²) in [7, 11) is -1.39. The van der Waals surface area contributed by atoms with Gasteiger partial charge in [-0.25, -0.2) is 12.7 Å². The number of hydrogen-bond donors (Lipinski definition) is 1. The lowest BCUT2D eigenvalue weighted by Crippen LogP contribution is -2.37. The van der Waals surface area contributed by atoms with E-state index in [0.717, 1.165) is 38.8 Å². The van der Waals surface area contributed by atoms with Crippen LogP contribution in [0.25, 0.3) is 0 Å². The molecule has 0 radical (unpaired) electrons. The van der Waals surface area contributed by atoms with Crippen molar-refractivity contribution >= 4 is 10.0 Å². The molecule has 0 aromatic rings. The van der Waals surface area contributed by atoms with E-state index in [1.54, 1.807) is 7.05 Å². The third kappa shape index (κ3) is 5.19. The second kappa shape index (κ2) is 7.13. The SMILES string of the molecule is C=CCCCN(C)S(=O)(=O)CC1CCNCC1. The Labute approximate surface area is 105 Å². The molecule has 0 aliphatic carbocycles. The normalized spacial score (nSPS) is 18.5. The lowest BCUT2D eigenvalue weighted by atomic mass is 10.0. The molecule has 4 nitrogen and oxygen atoms in total. The zero-order chi connectivity index (χ0) is 12.7. The summed E-state index contributed by atoms with van der Waals surface area (Å²) in [4.78, 5) is 0. The minimum Gasteiger partial charge on any atom is -0.317 e. The van der Waals surface area contributed by atoms with Crippen LogP contribution in [0.4, 0.5) is 0 Å². The van der Waals surface area contributed by atoms with Crippen LogP contribution < -0.4 is 5.32 Å². The highest BCUT2D eigenvalue weighted by Gasteiger charge is 2.24. The molecule has 17 heavy (non-hydrogen) atoms. The average molecular weight is 260 g/mol. The molecule has 1 heterocycles. The Morgan fingerprint density at radius 3 is 2.65 bits per heavy atom. The molecule has 0 aromatic heterocycles. The molecule has 0 amide bonds. The molecular weight excluding hydrogens is 236 g/mol. The van der Waals surface area contributed by atoms with E-state index in [4.69, 9.17) is 0 Å². The second-order valence-corrected chi connectivity index (χ2v) is 6.84. The third-order valence-corrected chi connectivity index (χ3v) is 5.29. The van der Waals surface area contributed by atoms with Crippen LogP contribution in [0.15, 0.2) is 12.7 Å². The summed E-state index contributed by atoms with van der Waals surface area (Å²) in [6.07, 6.45) is 5.49. The lowest BCUT2D eigenvalue weighted by molar-refractivity contribution is 0.388. The fourth-order valence-electron chi connectivity index (χ4n) is 2.07. The molecule has 1 N–H and O–H groups in total. The van der Waals surface area contributed by atoms with Gasteiger partial charge in [0.05, 0.1) is 5.75 Å². The Hall–Kier alpha value is -0.390. The minimum absolute atomic E-state index is 0.305. The van der Waals surface area contributed by atoms with Gasteiger partial charge in [-0.15, -0.1) is 6.58 Å². The highest BCUT2D eigenvalue weighted by Crippen LogP contribution is 2.16. The number of allylic oxidation sites excluding steroid dienone is 1. The maximum atomic E-state index is 12.1. The van der Waals surface area contributed by atoms with E-state index in [0.29, 0.717) is 18.2 Å². The van der Waals surface area contributed by atoms with E-state index < -0.39 is 10.0 Å². The Morgan fingerprint density at radius 2 is 2.06 bits per heavy atom. The van der Waals surface area contributed by atoms with Gasteiger partial charge in [-0.2, -0.15) is 0 Å². The Bertz CT molecular complexity index is 321. The van der Waals surface area contributed by atoms with Crippen LogP contribution in [0.2, 0.25) is 0 Å². The second-order valence-electron chi connectivity index (χ2n) is 4.72. The quantitative estimate of drug-likeness (QED) is 0.553. The van der Waals surface area contributed by atoms with Gasteiger partial charge in [0.25, 0.3) is 0 Å². The van der Waals surface area contributed by atoms with Gasteiger partial charge < -0.3 is 5.32 Å². The molecule has 0 spiro atoms. The summed E-state index contributed by atoms with van der Waals surface area (Å²) in [5.74, 6) is 0.627. The highest BCUT2D eigenvalue weighted by atomic mass is 32.2. The van der Waals surface area contributed by atoms with E-state index in [-0.39, 0.29) is 0 Å². The third-order valence-electron chi connectivity index (χ3n) is 3.26. The summed E-state index contributed by atoms with van der Waals surface area (Å²) in [5.41, 5.74) is 0. The van der Waals surface area contributed by atoms with Crippen LogP contribution in [0, 0.1) is 5.92 Å². The first-order valence-electron chi connectivity index (χ1n) is 6.32. The number of nitrogens with zero attached hydrogens (tertiary/aromatic N) is 1. The number of piperidine rings is 1. The molecule has 1 fully saturated rings. The minimum atomic E-state index is -3.07. The van der Waals surface area contributed by atoms with Crippen molar-refractivity contribution in [2.24, 2.45) is 5.92 Å². The summed E-state index contributed by atoms with van der Waals surface area (Å²) in [6, 6.07) is 0. The van der Waals surface area contributed by atoms with Crippen LogP contribution in [0.1, 0.15) is 25.7 Å². The molecule has 0 unspecified atom stereocenters. The van der Waals surface area contributed by atoms with E-state index in [1.807, 2.05) is 6.08 Å². The van der Waals surface area contributed by atoms with Crippen LogP contribution in [-0.2, 0) is 10.0 Å². The van der Waals surface area contributed by atoms with E-state index >= 15 is 0 Å². The van der Waals surface area contributed by atoms with Crippen molar-refractivity contribution in [1.82, 2.24) is 9.62 Å². The summed E-state index contributed by atoms with van der Waals surface area (Å²) < 4.78 is 25.6. The number of nitrogens with one attached hydrogen (secondary N) is 1. The maximum Gasteiger partial charge on any atom is 0.214 e. The van der Waals surface area contributed by atoms with Crippen molar-refractivity contribution in [1.29, 1.82) is 0 Å². The molecule has 1 rings (SSSR count). The van der Waals surface area contributed by atoms with Crippen LogP contribution in [0.5, 0.6) is 0 Å². The van der Waals surface area contributed by atoms with Crippen molar-refractivity contribution in [2.45, 2.75) is 25.7 Å². The topological polar surface area (TPSA) is 49.4 Å². The zero-order valence-electron chi connectivity index (χ0n) is 10.7.